The molecule has 2 atom stereocenters. The number of cyclic esters (lactones) is 1. The molecule has 4 rings (SSSR count). The number of esters is 1. The summed E-state index contributed by atoms with van der Waals surface area (Å²) in [6, 6.07) is 2.75. The number of benzene rings is 2. The summed E-state index contributed by atoms with van der Waals surface area (Å²) in [4.78, 5) is 23.5. The molecule has 2 aliphatic heterocycles. The Labute approximate surface area is 216 Å². The molecule has 0 aromatic heterocycles. The van der Waals surface area contributed by atoms with Gasteiger partial charge in [0.25, 0.3) is 15.6 Å². The number of sulfonamides is 1. The predicted octanol–water partition coefficient (Wildman–Crippen LogP) is 3.08. The zero-order valence-corrected chi connectivity index (χ0v) is 20.3. The number of rotatable bonds is 6. The van der Waals surface area contributed by atoms with E-state index in [-0.39, 0.29) is 30.7 Å². The zero-order valence-electron chi connectivity index (χ0n) is 19.5. The van der Waals surface area contributed by atoms with Gasteiger partial charge in [0, 0.05) is 12.0 Å². The van der Waals surface area contributed by atoms with Crippen molar-refractivity contribution < 1.29 is 58.6 Å². The van der Waals surface area contributed by atoms with Crippen molar-refractivity contribution >= 4 is 27.6 Å². The highest BCUT2D eigenvalue weighted by molar-refractivity contribution is 7.92. The first-order valence-corrected chi connectivity index (χ1v) is 12.7. The average Bonchev–Trinajstić information content (AvgIpc) is 2.84. The van der Waals surface area contributed by atoms with E-state index in [2.05, 4.69) is 10.1 Å². The molecule has 1 amide bonds. The number of amides is 1. The Morgan fingerprint density at radius 1 is 1.05 bits per heavy atom. The van der Waals surface area contributed by atoms with Crippen molar-refractivity contribution in [1.82, 2.24) is 5.32 Å². The van der Waals surface area contributed by atoms with Gasteiger partial charge >= 0.3 is 18.3 Å². The molecule has 2 unspecified atom stereocenters. The van der Waals surface area contributed by atoms with Crippen LogP contribution in [0, 0.1) is 5.82 Å². The van der Waals surface area contributed by atoms with Gasteiger partial charge in [-0.05, 0) is 48.7 Å². The number of aryl methyl sites for hydroxylation is 1. The van der Waals surface area contributed by atoms with Crippen LogP contribution in [0.25, 0.3) is 0 Å². The van der Waals surface area contributed by atoms with Crippen molar-refractivity contribution in [3.8, 4) is 0 Å². The standard InChI is InChI=1S/C23H19F7N2O6S/c24-14-3-6-16(7-4-14)39(36,37)32-15(10-19(33)31-17-11-38-20(17)34)5-1-12-9-13(2-8-18(12)32)21(35,22(25,26)27)23(28,29)30/h2-4,6-9,15,17,35H,1,5,10-11H2,(H,31,33). The highest BCUT2D eigenvalue weighted by Gasteiger charge is 2.71. The van der Waals surface area contributed by atoms with E-state index in [1.165, 1.54) is 0 Å². The quantitative estimate of drug-likeness (QED) is 0.399. The number of hydrogen-bond acceptors (Lipinski definition) is 6. The Morgan fingerprint density at radius 3 is 2.18 bits per heavy atom. The Bertz CT molecular complexity index is 1380. The number of carbonyl (C=O) groups excluding carboxylic acids is 2. The molecule has 2 aromatic carbocycles. The number of fused-ring (bicyclic) bond motifs is 1. The van der Waals surface area contributed by atoms with Gasteiger partial charge in [0.2, 0.25) is 5.91 Å². The summed E-state index contributed by atoms with van der Waals surface area (Å²) in [6.45, 7) is -0.0975. The second-order valence-electron chi connectivity index (χ2n) is 8.95. The van der Waals surface area contributed by atoms with Crippen molar-refractivity contribution in [2.45, 2.75) is 54.2 Å². The molecule has 2 aliphatic rings. The minimum atomic E-state index is -6.16. The van der Waals surface area contributed by atoms with Gasteiger partial charge in [0.1, 0.15) is 12.4 Å². The fourth-order valence-electron chi connectivity index (χ4n) is 4.38. The molecule has 212 valence electrons. The van der Waals surface area contributed by atoms with E-state index in [1.54, 1.807) is 0 Å². The number of aliphatic hydroxyl groups is 1. The minimum absolute atomic E-state index is 0.0975. The summed E-state index contributed by atoms with van der Waals surface area (Å²) in [7, 11) is -4.63. The lowest BCUT2D eigenvalue weighted by Gasteiger charge is -2.39. The second-order valence-corrected chi connectivity index (χ2v) is 10.8. The smallest absolute Gasteiger partial charge is 0.430 e. The summed E-state index contributed by atoms with van der Waals surface area (Å²) < 4.78 is 126. The van der Waals surface area contributed by atoms with Crippen LogP contribution in [0.4, 0.5) is 36.4 Å². The van der Waals surface area contributed by atoms with Crippen LogP contribution in [0.2, 0.25) is 0 Å². The van der Waals surface area contributed by atoms with Crippen LogP contribution in [0.5, 0.6) is 0 Å². The number of hydrogen-bond donors (Lipinski definition) is 2. The van der Waals surface area contributed by atoms with Crippen molar-refractivity contribution in [2.75, 3.05) is 10.9 Å². The molecule has 1 fully saturated rings. The van der Waals surface area contributed by atoms with E-state index < -0.39 is 74.6 Å². The molecule has 2 heterocycles. The topological polar surface area (TPSA) is 113 Å². The number of nitrogens with zero attached hydrogens (tertiary/aromatic N) is 1. The van der Waals surface area contributed by atoms with E-state index in [9.17, 15) is 53.8 Å². The highest BCUT2D eigenvalue weighted by Crippen LogP contribution is 2.51. The lowest BCUT2D eigenvalue weighted by molar-refractivity contribution is -0.376. The van der Waals surface area contributed by atoms with Gasteiger partial charge in [-0.15, -0.1) is 0 Å². The van der Waals surface area contributed by atoms with Gasteiger partial charge < -0.3 is 15.2 Å². The van der Waals surface area contributed by atoms with Crippen LogP contribution < -0.4 is 9.62 Å². The Hall–Kier alpha value is -3.40. The number of carbonyl (C=O) groups is 2. The summed E-state index contributed by atoms with van der Waals surface area (Å²) in [6.07, 6.45) is -13.3. The van der Waals surface area contributed by atoms with Crippen LogP contribution in [0.1, 0.15) is 24.0 Å². The van der Waals surface area contributed by atoms with Gasteiger partial charge in [0.15, 0.2) is 6.04 Å². The van der Waals surface area contributed by atoms with E-state index in [0.717, 1.165) is 24.3 Å². The molecule has 0 saturated carbocycles. The Kier molecular flexibility index (Phi) is 7.08. The van der Waals surface area contributed by atoms with Gasteiger partial charge in [-0.3, -0.25) is 9.10 Å². The van der Waals surface area contributed by atoms with Gasteiger partial charge in [-0.25, -0.2) is 17.6 Å². The number of nitrogens with one attached hydrogen (secondary N) is 1. The molecule has 0 spiro atoms. The van der Waals surface area contributed by atoms with Crippen molar-refractivity contribution in [2.24, 2.45) is 0 Å². The maximum absolute atomic E-state index is 13.6. The third kappa shape index (κ3) is 5.02. The van der Waals surface area contributed by atoms with Gasteiger partial charge in [-0.2, -0.15) is 26.3 Å². The summed E-state index contributed by atoms with van der Waals surface area (Å²) in [5.74, 6) is -2.24. The maximum Gasteiger partial charge on any atom is 0.430 e. The molecule has 2 aromatic rings. The molecular formula is C23H19F7N2O6S. The molecule has 2 N–H and O–H groups in total. The summed E-state index contributed by atoms with van der Waals surface area (Å²) >= 11 is 0. The normalized spacial score (nSPS) is 20.1. The molecule has 0 radical (unpaired) electrons. The van der Waals surface area contributed by atoms with Gasteiger partial charge in [0.05, 0.1) is 16.6 Å². The van der Waals surface area contributed by atoms with E-state index in [0.29, 0.717) is 22.5 Å². The molecule has 39 heavy (non-hydrogen) atoms. The predicted molar refractivity (Wildman–Crippen MR) is 118 cm³/mol. The summed E-state index contributed by atoms with van der Waals surface area (Å²) in [5.41, 5.74) is -7.41. The minimum Gasteiger partial charge on any atom is -0.461 e. The van der Waals surface area contributed by atoms with E-state index in [1.807, 2.05) is 0 Å². The van der Waals surface area contributed by atoms with E-state index in [4.69, 9.17) is 0 Å². The third-order valence-electron chi connectivity index (χ3n) is 6.44. The molecule has 0 bridgehead atoms. The first-order chi connectivity index (χ1) is 18.0. The lowest BCUT2D eigenvalue weighted by Crippen LogP contribution is -2.55. The van der Waals surface area contributed by atoms with Crippen LogP contribution in [0.3, 0.4) is 0 Å². The van der Waals surface area contributed by atoms with Crippen LogP contribution >= 0.6 is 0 Å². The Balaban J connectivity index is 1.78. The molecular weight excluding hydrogens is 565 g/mol. The third-order valence-corrected chi connectivity index (χ3v) is 8.32. The van der Waals surface area contributed by atoms with Crippen molar-refractivity contribution in [3.05, 3.63) is 59.4 Å². The SMILES string of the molecule is O=C(CC1CCc2cc(C(O)(C(F)(F)F)C(F)(F)F)ccc2N1S(=O)(=O)c1ccc(F)cc1)NC1COC1=O. The number of halogens is 7. The maximum atomic E-state index is 13.6. The van der Waals surface area contributed by atoms with Gasteiger partial charge in [-0.1, -0.05) is 12.1 Å². The first-order valence-electron chi connectivity index (χ1n) is 11.2. The fourth-order valence-corrected chi connectivity index (χ4v) is 6.10. The monoisotopic (exact) mass is 584 g/mol. The number of alkyl halides is 6. The molecule has 16 heteroatoms. The fraction of sp³-hybridized carbons (Fsp3) is 0.391. The molecule has 1 saturated heterocycles. The lowest BCUT2D eigenvalue weighted by atomic mass is 9.87. The zero-order chi connectivity index (χ0) is 29.0. The second kappa shape index (κ2) is 9.66. The largest absolute Gasteiger partial charge is 0.461 e. The van der Waals surface area contributed by atoms with Crippen molar-refractivity contribution in [1.29, 1.82) is 0 Å². The molecule has 0 aliphatic carbocycles. The van der Waals surface area contributed by atoms with Crippen LogP contribution in [0.15, 0.2) is 47.4 Å². The number of anilines is 1. The number of ether oxygens (including phenoxy) is 1. The molecule has 8 nitrogen and oxygen atoms in total. The highest BCUT2D eigenvalue weighted by atomic mass is 32.2. The van der Waals surface area contributed by atoms with Crippen molar-refractivity contribution in [3.63, 3.8) is 0 Å². The summed E-state index contributed by atoms with van der Waals surface area (Å²) in [5, 5.41) is 12.1. The first kappa shape index (κ1) is 28.6. The van der Waals surface area contributed by atoms with Crippen LogP contribution in [-0.4, -0.2) is 56.4 Å². The van der Waals surface area contributed by atoms with E-state index >= 15 is 0 Å². The Morgan fingerprint density at radius 2 is 1.67 bits per heavy atom. The van der Waals surface area contributed by atoms with Crippen LogP contribution in [-0.2, 0) is 36.4 Å². The average molecular weight is 584 g/mol.